The first kappa shape index (κ1) is 6.26. The molecule has 1 saturated carbocycles. The standard InChI is InChI=1S/C9H14N/c1-2-5-8(4-1)9-6-3-7-10-9/h3,7-9H,1-2,4-6H2. The van der Waals surface area contributed by atoms with Crippen LogP contribution in [0.2, 0.25) is 0 Å². The minimum Gasteiger partial charge on any atom is -0.290 e. The first-order chi connectivity index (χ1) is 4.97. The summed E-state index contributed by atoms with van der Waals surface area (Å²) in [4.78, 5) is 0. The summed E-state index contributed by atoms with van der Waals surface area (Å²) in [6.07, 6.45) is 11.1. The Kier molecular flexibility index (Phi) is 1.66. The van der Waals surface area contributed by atoms with Crippen LogP contribution in [0.4, 0.5) is 0 Å². The third-order valence-corrected chi connectivity index (χ3v) is 2.70. The molecule has 0 N–H and O–H groups in total. The van der Waals surface area contributed by atoms with E-state index in [0.717, 1.165) is 5.92 Å². The molecule has 1 radical (unpaired) electrons. The van der Waals surface area contributed by atoms with E-state index in [-0.39, 0.29) is 0 Å². The lowest BCUT2D eigenvalue weighted by molar-refractivity contribution is 0.403. The number of hydrogen-bond donors (Lipinski definition) is 0. The highest BCUT2D eigenvalue weighted by Crippen LogP contribution is 2.30. The van der Waals surface area contributed by atoms with Gasteiger partial charge in [0.2, 0.25) is 0 Å². The fourth-order valence-electron chi connectivity index (χ4n) is 2.09. The van der Waals surface area contributed by atoms with E-state index in [2.05, 4.69) is 11.4 Å². The van der Waals surface area contributed by atoms with Crippen molar-refractivity contribution in [2.24, 2.45) is 5.92 Å². The van der Waals surface area contributed by atoms with Gasteiger partial charge in [-0.1, -0.05) is 18.9 Å². The summed E-state index contributed by atoms with van der Waals surface area (Å²) < 4.78 is 0. The van der Waals surface area contributed by atoms with E-state index >= 15 is 0 Å². The van der Waals surface area contributed by atoms with Crippen molar-refractivity contribution in [3.05, 3.63) is 12.3 Å². The van der Waals surface area contributed by atoms with Gasteiger partial charge >= 0.3 is 0 Å². The predicted molar refractivity (Wildman–Crippen MR) is 41.6 cm³/mol. The summed E-state index contributed by atoms with van der Waals surface area (Å²) in [5.41, 5.74) is 0. The highest BCUT2D eigenvalue weighted by molar-refractivity contribution is 4.98. The van der Waals surface area contributed by atoms with Crippen LogP contribution in [0.15, 0.2) is 12.3 Å². The highest BCUT2D eigenvalue weighted by Gasteiger charge is 2.25. The Hall–Kier alpha value is -0.460. The Morgan fingerprint density at radius 1 is 1.20 bits per heavy atom. The van der Waals surface area contributed by atoms with Gasteiger partial charge in [0, 0.05) is 6.20 Å². The molecule has 1 heteroatoms. The lowest BCUT2D eigenvalue weighted by Gasteiger charge is -2.15. The molecule has 1 fully saturated rings. The molecule has 10 heavy (non-hydrogen) atoms. The quantitative estimate of drug-likeness (QED) is 0.524. The molecule has 2 aliphatic rings. The molecule has 55 valence electrons. The molecule has 0 aromatic rings. The molecule has 1 aliphatic carbocycles. The van der Waals surface area contributed by atoms with Gasteiger partial charge in [0.1, 0.15) is 0 Å². The van der Waals surface area contributed by atoms with Crippen LogP contribution in [0.1, 0.15) is 32.1 Å². The minimum atomic E-state index is 0.669. The van der Waals surface area contributed by atoms with E-state index in [4.69, 9.17) is 0 Å². The maximum atomic E-state index is 4.44. The Labute approximate surface area is 62.5 Å². The lowest BCUT2D eigenvalue weighted by atomic mass is 9.97. The molecule has 0 aromatic carbocycles. The fourth-order valence-corrected chi connectivity index (χ4v) is 2.09. The van der Waals surface area contributed by atoms with Gasteiger partial charge < -0.3 is 0 Å². The van der Waals surface area contributed by atoms with Crippen LogP contribution in [-0.2, 0) is 0 Å². The SMILES string of the molecule is C1=C[N]C(C2CCCC2)C1. The van der Waals surface area contributed by atoms with Gasteiger partial charge in [-0.2, -0.15) is 0 Å². The molecule has 2 rings (SSSR count). The van der Waals surface area contributed by atoms with Crippen molar-refractivity contribution in [3.8, 4) is 0 Å². The van der Waals surface area contributed by atoms with Crippen LogP contribution in [0, 0.1) is 5.92 Å². The van der Waals surface area contributed by atoms with E-state index in [1.54, 1.807) is 0 Å². The van der Waals surface area contributed by atoms with Gasteiger partial charge in [-0.25, -0.2) is 0 Å². The lowest BCUT2D eigenvalue weighted by Crippen LogP contribution is -2.21. The summed E-state index contributed by atoms with van der Waals surface area (Å²) in [7, 11) is 0. The molecule has 0 amide bonds. The smallest absolute Gasteiger partial charge is 0.0562 e. The van der Waals surface area contributed by atoms with E-state index in [9.17, 15) is 0 Å². The second-order valence-electron chi connectivity index (χ2n) is 3.38. The van der Waals surface area contributed by atoms with Gasteiger partial charge in [-0.3, -0.25) is 5.32 Å². The van der Waals surface area contributed by atoms with Gasteiger partial charge in [-0.05, 0) is 25.2 Å². The van der Waals surface area contributed by atoms with Crippen molar-refractivity contribution in [1.82, 2.24) is 5.32 Å². The monoisotopic (exact) mass is 136 g/mol. The first-order valence-corrected chi connectivity index (χ1v) is 4.32. The van der Waals surface area contributed by atoms with Crippen LogP contribution in [0.25, 0.3) is 0 Å². The molecule has 1 heterocycles. The minimum absolute atomic E-state index is 0.669. The van der Waals surface area contributed by atoms with E-state index in [0.29, 0.717) is 6.04 Å². The maximum Gasteiger partial charge on any atom is 0.0562 e. The molecule has 1 aliphatic heterocycles. The molecule has 0 bridgehead atoms. The summed E-state index contributed by atoms with van der Waals surface area (Å²) in [6, 6.07) is 0.669. The van der Waals surface area contributed by atoms with Crippen molar-refractivity contribution < 1.29 is 0 Å². The van der Waals surface area contributed by atoms with Crippen LogP contribution in [0.3, 0.4) is 0 Å². The van der Waals surface area contributed by atoms with Gasteiger partial charge in [0.05, 0.1) is 6.04 Å². The van der Waals surface area contributed by atoms with Crippen molar-refractivity contribution in [3.63, 3.8) is 0 Å². The number of nitrogens with zero attached hydrogens (tertiary/aromatic N) is 1. The zero-order chi connectivity index (χ0) is 6.81. The zero-order valence-electron chi connectivity index (χ0n) is 6.29. The molecule has 0 saturated heterocycles. The largest absolute Gasteiger partial charge is 0.290 e. The maximum absolute atomic E-state index is 4.44. The fraction of sp³-hybridized carbons (Fsp3) is 0.778. The molecule has 1 nitrogen and oxygen atoms in total. The van der Waals surface area contributed by atoms with E-state index < -0.39 is 0 Å². The molecule has 0 aromatic heterocycles. The van der Waals surface area contributed by atoms with Crippen molar-refractivity contribution >= 4 is 0 Å². The van der Waals surface area contributed by atoms with Gasteiger partial charge in [0.15, 0.2) is 0 Å². The molecular formula is C9H14N. The first-order valence-electron chi connectivity index (χ1n) is 4.32. The third-order valence-electron chi connectivity index (χ3n) is 2.70. The average molecular weight is 136 g/mol. The second kappa shape index (κ2) is 2.65. The van der Waals surface area contributed by atoms with Crippen LogP contribution < -0.4 is 5.32 Å². The molecule has 1 unspecified atom stereocenters. The molecule has 1 atom stereocenters. The summed E-state index contributed by atoms with van der Waals surface area (Å²) in [6.45, 7) is 0. The average Bonchev–Trinajstić information content (AvgIpc) is 2.59. The number of rotatable bonds is 1. The Balaban J connectivity index is 1.87. The Morgan fingerprint density at radius 3 is 2.60 bits per heavy atom. The van der Waals surface area contributed by atoms with Gasteiger partial charge in [0.25, 0.3) is 0 Å². The predicted octanol–water partition coefficient (Wildman–Crippen LogP) is 2.07. The summed E-state index contributed by atoms with van der Waals surface area (Å²) in [5, 5.41) is 4.44. The van der Waals surface area contributed by atoms with Crippen molar-refractivity contribution in [2.45, 2.75) is 38.1 Å². The topological polar surface area (TPSA) is 14.1 Å². The van der Waals surface area contributed by atoms with Crippen molar-refractivity contribution in [2.75, 3.05) is 0 Å². The van der Waals surface area contributed by atoms with Gasteiger partial charge in [-0.15, -0.1) is 0 Å². The highest BCUT2D eigenvalue weighted by atomic mass is 14.9. The molecule has 0 spiro atoms. The van der Waals surface area contributed by atoms with Crippen LogP contribution in [-0.4, -0.2) is 6.04 Å². The molecular weight excluding hydrogens is 122 g/mol. The Morgan fingerprint density at radius 2 is 2.00 bits per heavy atom. The van der Waals surface area contributed by atoms with Crippen LogP contribution >= 0.6 is 0 Å². The number of hydrogen-bond acceptors (Lipinski definition) is 0. The normalized spacial score (nSPS) is 33.0. The van der Waals surface area contributed by atoms with E-state index in [1.165, 1.54) is 32.1 Å². The van der Waals surface area contributed by atoms with Crippen molar-refractivity contribution in [1.29, 1.82) is 0 Å². The van der Waals surface area contributed by atoms with E-state index in [1.807, 2.05) is 6.20 Å². The van der Waals surface area contributed by atoms with Crippen LogP contribution in [0.5, 0.6) is 0 Å². The summed E-state index contributed by atoms with van der Waals surface area (Å²) in [5.74, 6) is 0.926. The Bertz CT molecular complexity index is 126. The third kappa shape index (κ3) is 1.05. The second-order valence-corrected chi connectivity index (χ2v) is 3.38. The summed E-state index contributed by atoms with van der Waals surface area (Å²) >= 11 is 0. The zero-order valence-corrected chi connectivity index (χ0v) is 6.29.